The number of nitrogens with one attached hydrogen (secondary N) is 1. The van der Waals surface area contributed by atoms with E-state index in [-0.39, 0.29) is 5.78 Å². The molecule has 2 aromatic rings. The minimum Gasteiger partial charge on any atom is -0.324 e. The zero-order valence-electron chi connectivity index (χ0n) is 11.2. The summed E-state index contributed by atoms with van der Waals surface area (Å²) in [4.78, 5) is 15.3. The molecule has 0 aliphatic rings. The van der Waals surface area contributed by atoms with E-state index < -0.39 is 0 Å². The lowest BCUT2D eigenvalue weighted by Crippen LogP contribution is -2.19. The van der Waals surface area contributed by atoms with E-state index in [2.05, 4.69) is 34.7 Å². The lowest BCUT2D eigenvalue weighted by molar-refractivity contribution is 0.101. The van der Waals surface area contributed by atoms with Crippen molar-refractivity contribution in [2.45, 2.75) is 26.2 Å². The molecule has 2 rings (SSSR count). The number of ketones is 1. The molecule has 0 radical (unpaired) electrons. The Morgan fingerprint density at radius 3 is 2.79 bits per heavy atom. The number of carbonyl (C=O) groups excluding carboxylic acids is 1. The molecule has 19 heavy (non-hydrogen) atoms. The molecule has 100 valence electrons. The van der Waals surface area contributed by atoms with Gasteiger partial charge < -0.3 is 5.43 Å². The maximum absolute atomic E-state index is 11.3. The van der Waals surface area contributed by atoms with Crippen LogP contribution >= 0.6 is 0 Å². The van der Waals surface area contributed by atoms with E-state index in [0.29, 0.717) is 5.69 Å². The molecule has 1 aromatic carbocycles. The number of aromatic nitrogens is 2. The third-order valence-electron chi connectivity index (χ3n) is 3.02. The number of unbranched alkanes of at least 4 members (excludes halogenated alkanes) is 1. The van der Waals surface area contributed by atoms with E-state index in [1.165, 1.54) is 5.56 Å². The van der Waals surface area contributed by atoms with Crippen LogP contribution in [0.4, 0.5) is 0 Å². The van der Waals surface area contributed by atoms with Gasteiger partial charge in [0.25, 0.3) is 0 Å². The Morgan fingerprint density at radius 2 is 2.05 bits per heavy atom. The van der Waals surface area contributed by atoms with Crippen molar-refractivity contribution in [3.05, 3.63) is 54.1 Å². The van der Waals surface area contributed by atoms with Gasteiger partial charge in [-0.1, -0.05) is 30.3 Å². The molecule has 1 aromatic heterocycles. The van der Waals surface area contributed by atoms with Crippen LogP contribution in [0.25, 0.3) is 0 Å². The van der Waals surface area contributed by atoms with Crippen molar-refractivity contribution in [2.75, 3.05) is 12.0 Å². The molecule has 0 bridgehead atoms. The molecule has 4 nitrogen and oxygen atoms in total. The lowest BCUT2D eigenvalue weighted by Gasteiger charge is -2.09. The Balaban J connectivity index is 1.70. The summed E-state index contributed by atoms with van der Waals surface area (Å²) in [6.07, 6.45) is 6.49. The second-order valence-electron chi connectivity index (χ2n) is 4.56. The molecule has 0 unspecified atom stereocenters. The third kappa shape index (κ3) is 3.95. The average molecular weight is 257 g/mol. The fraction of sp³-hybridized carbons (Fsp3) is 0.333. The smallest absolute Gasteiger partial charge is 0.179 e. The van der Waals surface area contributed by atoms with Crippen molar-refractivity contribution in [3.8, 4) is 0 Å². The van der Waals surface area contributed by atoms with Crippen molar-refractivity contribution >= 4 is 5.78 Å². The van der Waals surface area contributed by atoms with E-state index in [4.69, 9.17) is 0 Å². The number of benzene rings is 1. The molecule has 1 N–H and O–H groups in total. The zero-order valence-corrected chi connectivity index (χ0v) is 11.2. The number of aryl methyl sites for hydroxylation is 1. The van der Waals surface area contributed by atoms with E-state index in [1.54, 1.807) is 24.1 Å². The maximum Gasteiger partial charge on any atom is 0.179 e. The monoisotopic (exact) mass is 257 g/mol. The molecule has 0 amide bonds. The Morgan fingerprint density at radius 1 is 1.26 bits per heavy atom. The Hall–Kier alpha value is -2.10. The van der Waals surface area contributed by atoms with Crippen LogP contribution in [0.5, 0.6) is 0 Å². The first-order chi connectivity index (χ1) is 9.27. The van der Waals surface area contributed by atoms with Crippen LogP contribution < -0.4 is 5.43 Å². The fourth-order valence-corrected chi connectivity index (χ4v) is 1.98. The number of rotatable bonds is 7. The summed E-state index contributed by atoms with van der Waals surface area (Å²) < 4.78 is 1.70. The van der Waals surface area contributed by atoms with Gasteiger partial charge in [0.2, 0.25) is 0 Å². The first-order valence-electron chi connectivity index (χ1n) is 6.58. The van der Waals surface area contributed by atoms with Crippen molar-refractivity contribution < 1.29 is 4.79 Å². The van der Waals surface area contributed by atoms with Crippen LogP contribution in [0.3, 0.4) is 0 Å². The van der Waals surface area contributed by atoms with Crippen molar-refractivity contribution in [2.24, 2.45) is 0 Å². The molecular weight excluding hydrogens is 238 g/mol. The first kappa shape index (κ1) is 13.3. The molecule has 0 aliphatic heterocycles. The third-order valence-corrected chi connectivity index (χ3v) is 3.02. The van der Waals surface area contributed by atoms with Gasteiger partial charge in [0.1, 0.15) is 12.0 Å². The molecule has 0 saturated carbocycles. The number of hydrogen-bond acceptors (Lipinski definition) is 3. The van der Waals surface area contributed by atoms with E-state index in [0.717, 1.165) is 25.8 Å². The van der Waals surface area contributed by atoms with Gasteiger partial charge in [-0.15, -0.1) is 0 Å². The standard InChI is InChI=1S/C15H19N3O/c1-13(19)15-11-16-12-18(15)17-10-6-5-9-14-7-3-2-4-8-14/h2-4,7-8,11-12,17H,5-6,9-10H2,1H3. The molecule has 0 aliphatic carbocycles. The Bertz CT molecular complexity index is 519. The summed E-state index contributed by atoms with van der Waals surface area (Å²) in [5.41, 5.74) is 5.16. The van der Waals surface area contributed by atoms with Crippen molar-refractivity contribution in [1.82, 2.24) is 9.66 Å². The van der Waals surface area contributed by atoms with Crippen LogP contribution in [-0.2, 0) is 6.42 Å². The highest BCUT2D eigenvalue weighted by Crippen LogP contribution is 2.04. The number of carbonyl (C=O) groups is 1. The normalized spacial score (nSPS) is 10.4. The van der Waals surface area contributed by atoms with Gasteiger partial charge in [-0.2, -0.15) is 0 Å². The van der Waals surface area contributed by atoms with Gasteiger partial charge in [-0.25, -0.2) is 9.66 Å². The van der Waals surface area contributed by atoms with Crippen LogP contribution in [0, 0.1) is 0 Å². The first-order valence-corrected chi connectivity index (χ1v) is 6.58. The predicted molar refractivity (Wildman–Crippen MR) is 75.8 cm³/mol. The second kappa shape index (κ2) is 6.73. The summed E-state index contributed by atoms with van der Waals surface area (Å²) in [7, 11) is 0. The maximum atomic E-state index is 11.3. The van der Waals surface area contributed by atoms with Gasteiger partial charge in [0, 0.05) is 13.5 Å². The van der Waals surface area contributed by atoms with Crippen LogP contribution in [-0.4, -0.2) is 22.0 Å². The van der Waals surface area contributed by atoms with Crippen LogP contribution in [0.1, 0.15) is 35.8 Å². The molecule has 0 saturated heterocycles. The molecule has 4 heteroatoms. The van der Waals surface area contributed by atoms with Crippen LogP contribution in [0.15, 0.2) is 42.9 Å². The van der Waals surface area contributed by atoms with Gasteiger partial charge in [0.05, 0.1) is 6.20 Å². The topological polar surface area (TPSA) is 46.9 Å². The fourth-order valence-electron chi connectivity index (χ4n) is 1.98. The second-order valence-corrected chi connectivity index (χ2v) is 4.56. The summed E-state index contributed by atoms with van der Waals surface area (Å²) in [6.45, 7) is 2.38. The van der Waals surface area contributed by atoms with Gasteiger partial charge in [0.15, 0.2) is 5.78 Å². The largest absolute Gasteiger partial charge is 0.324 e. The highest BCUT2D eigenvalue weighted by atomic mass is 16.1. The van der Waals surface area contributed by atoms with Crippen molar-refractivity contribution in [3.63, 3.8) is 0 Å². The van der Waals surface area contributed by atoms with Gasteiger partial charge >= 0.3 is 0 Å². The average Bonchev–Trinajstić information content (AvgIpc) is 2.88. The minimum atomic E-state index is 0.0225. The summed E-state index contributed by atoms with van der Waals surface area (Å²) >= 11 is 0. The van der Waals surface area contributed by atoms with E-state index in [9.17, 15) is 4.79 Å². The van der Waals surface area contributed by atoms with E-state index in [1.807, 2.05) is 6.07 Å². The molecule has 0 fully saturated rings. The predicted octanol–water partition coefficient (Wildman–Crippen LogP) is 2.65. The Labute approximate surface area is 113 Å². The number of Topliss-reactive ketones (excluding diaryl/α,β-unsaturated/α-hetero) is 1. The highest BCUT2D eigenvalue weighted by Gasteiger charge is 2.05. The molecule has 1 heterocycles. The molecular formula is C15H19N3O. The molecule has 0 spiro atoms. The summed E-state index contributed by atoms with van der Waals surface area (Å²) in [5, 5.41) is 0. The Kier molecular flexibility index (Phi) is 4.72. The summed E-state index contributed by atoms with van der Waals surface area (Å²) in [5.74, 6) is 0.0225. The number of imidazole rings is 1. The lowest BCUT2D eigenvalue weighted by atomic mass is 10.1. The van der Waals surface area contributed by atoms with Gasteiger partial charge in [-0.3, -0.25) is 4.79 Å². The van der Waals surface area contributed by atoms with Crippen molar-refractivity contribution in [1.29, 1.82) is 0 Å². The van der Waals surface area contributed by atoms with Crippen LogP contribution in [0.2, 0.25) is 0 Å². The van der Waals surface area contributed by atoms with E-state index >= 15 is 0 Å². The zero-order chi connectivity index (χ0) is 13.5. The molecule has 0 atom stereocenters. The SMILES string of the molecule is CC(=O)c1cncn1NCCCCc1ccccc1. The van der Waals surface area contributed by atoms with Gasteiger partial charge in [-0.05, 0) is 24.8 Å². The highest BCUT2D eigenvalue weighted by molar-refractivity contribution is 5.92. The number of nitrogens with zero attached hydrogens (tertiary/aromatic N) is 2. The minimum absolute atomic E-state index is 0.0225. The number of hydrogen-bond donors (Lipinski definition) is 1. The quantitative estimate of drug-likeness (QED) is 0.612. The summed E-state index contributed by atoms with van der Waals surface area (Å²) in [6, 6.07) is 10.5.